The fourth-order valence-electron chi connectivity index (χ4n) is 3.15. The van der Waals surface area contributed by atoms with E-state index >= 15 is 0 Å². The third-order valence-corrected chi connectivity index (χ3v) is 5.76. The van der Waals surface area contributed by atoms with E-state index in [-0.39, 0.29) is 23.0 Å². The fraction of sp³-hybridized carbons (Fsp3) is 0.333. The molecule has 1 N–H and O–H groups in total. The molecule has 1 saturated heterocycles. The second kappa shape index (κ2) is 9.21. The third kappa shape index (κ3) is 4.54. The van der Waals surface area contributed by atoms with E-state index in [2.05, 4.69) is 5.32 Å². The van der Waals surface area contributed by atoms with E-state index in [0.29, 0.717) is 24.5 Å². The highest BCUT2D eigenvalue weighted by Gasteiger charge is 2.34. The summed E-state index contributed by atoms with van der Waals surface area (Å²) in [4.78, 5) is 26.6. The average molecular weight is 402 g/mol. The van der Waals surface area contributed by atoms with Crippen molar-refractivity contribution < 1.29 is 18.7 Å². The van der Waals surface area contributed by atoms with Gasteiger partial charge in [0.05, 0.1) is 5.75 Å². The molecule has 0 aromatic heterocycles. The molecule has 0 radical (unpaired) electrons. The lowest BCUT2D eigenvalue weighted by atomic mass is 10.1. The SMILES string of the molecule is COCCCNC(=O)c1ccc(N2C(=O)CSC2c2ccc(F)cc2)c(C)c1. The Labute approximate surface area is 168 Å². The number of ether oxygens (including phenoxy) is 1. The van der Waals surface area contributed by atoms with Crippen molar-refractivity contribution in [1.82, 2.24) is 5.32 Å². The molecule has 1 heterocycles. The van der Waals surface area contributed by atoms with Gasteiger partial charge in [0, 0.05) is 31.5 Å². The van der Waals surface area contributed by atoms with Gasteiger partial charge in [0.2, 0.25) is 5.91 Å². The number of aryl methyl sites for hydroxylation is 1. The van der Waals surface area contributed by atoms with E-state index < -0.39 is 0 Å². The van der Waals surface area contributed by atoms with Crippen molar-refractivity contribution in [2.45, 2.75) is 18.7 Å². The van der Waals surface area contributed by atoms with Crippen molar-refractivity contribution in [3.8, 4) is 0 Å². The first kappa shape index (κ1) is 20.4. The second-order valence-electron chi connectivity index (χ2n) is 6.58. The molecule has 0 saturated carbocycles. The Morgan fingerprint density at radius 3 is 2.71 bits per heavy atom. The highest BCUT2D eigenvalue weighted by atomic mass is 32.2. The molecule has 5 nitrogen and oxygen atoms in total. The molecule has 3 rings (SSSR count). The number of carbonyl (C=O) groups excluding carboxylic acids is 2. The number of nitrogens with zero attached hydrogens (tertiary/aromatic N) is 1. The minimum Gasteiger partial charge on any atom is -0.385 e. The van der Waals surface area contributed by atoms with Crippen LogP contribution in [0, 0.1) is 12.7 Å². The molecule has 148 valence electrons. The summed E-state index contributed by atoms with van der Waals surface area (Å²) < 4.78 is 18.2. The Kier molecular flexibility index (Phi) is 6.70. The quantitative estimate of drug-likeness (QED) is 0.718. The average Bonchev–Trinajstić information content (AvgIpc) is 3.07. The Hall–Kier alpha value is -2.38. The van der Waals surface area contributed by atoms with Gasteiger partial charge in [-0.1, -0.05) is 12.1 Å². The van der Waals surface area contributed by atoms with Gasteiger partial charge >= 0.3 is 0 Å². The van der Waals surface area contributed by atoms with Gasteiger partial charge in [-0.2, -0.15) is 0 Å². The van der Waals surface area contributed by atoms with Gasteiger partial charge in [-0.25, -0.2) is 4.39 Å². The largest absolute Gasteiger partial charge is 0.385 e. The number of rotatable bonds is 7. The predicted molar refractivity (Wildman–Crippen MR) is 109 cm³/mol. The Balaban J connectivity index is 1.79. The van der Waals surface area contributed by atoms with E-state index in [1.54, 1.807) is 42.3 Å². The normalized spacial score (nSPS) is 16.5. The molecule has 0 aliphatic carbocycles. The molecule has 2 aromatic carbocycles. The standard InChI is InChI=1S/C21H23FN2O3S/c1-14-12-16(20(26)23-10-3-11-27-2)6-9-18(14)24-19(25)13-28-21(24)15-4-7-17(22)8-5-15/h4-9,12,21H,3,10-11,13H2,1-2H3,(H,23,26). The summed E-state index contributed by atoms with van der Waals surface area (Å²) in [6.07, 6.45) is 0.748. The monoisotopic (exact) mass is 402 g/mol. The molecule has 28 heavy (non-hydrogen) atoms. The number of hydrogen-bond acceptors (Lipinski definition) is 4. The first-order valence-corrected chi connectivity index (χ1v) is 10.1. The van der Waals surface area contributed by atoms with Crippen LogP contribution in [0.5, 0.6) is 0 Å². The predicted octanol–water partition coefficient (Wildman–Crippen LogP) is 3.68. The van der Waals surface area contributed by atoms with Crippen LogP contribution in [0.25, 0.3) is 0 Å². The number of nitrogens with one attached hydrogen (secondary N) is 1. The van der Waals surface area contributed by atoms with E-state index in [1.807, 2.05) is 6.92 Å². The van der Waals surface area contributed by atoms with Crippen molar-refractivity contribution in [1.29, 1.82) is 0 Å². The molecule has 1 aliphatic rings. The summed E-state index contributed by atoms with van der Waals surface area (Å²) in [7, 11) is 1.63. The smallest absolute Gasteiger partial charge is 0.251 e. The lowest BCUT2D eigenvalue weighted by Crippen LogP contribution is -2.29. The number of anilines is 1. The Morgan fingerprint density at radius 2 is 2.04 bits per heavy atom. The first-order chi connectivity index (χ1) is 13.5. The van der Waals surface area contributed by atoms with Gasteiger partial charge in [0.15, 0.2) is 0 Å². The van der Waals surface area contributed by atoms with E-state index in [1.165, 1.54) is 23.9 Å². The van der Waals surface area contributed by atoms with Gasteiger partial charge in [-0.15, -0.1) is 11.8 Å². The summed E-state index contributed by atoms with van der Waals surface area (Å²) in [5.74, 6) is -0.0905. The highest BCUT2D eigenvalue weighted by molar-refractivity contribution is 8.00. The van der Waals surface area contributed by atoms with Gasteiger partial charge in [-0.05, 0) is 54.8 Å². The van der Waals surface area contributed by atoms with Crippen molar-refractivity contribution >= 4 is 29.3 Å². The minimum atomic E-state index is -0.304. The van der Waals surface area contributed by atoms with E-state index in [0.717, 1.165) is 23.2 Å². The zero-order valence-corrected chi connectivity index (χ0v) is 16.7. The molecular formula is C21H23FN2O3S. The minimum absolute atomic E-state index is 0.000748. The molecule has 1 fully saturated rings. The fourth-order valence-corrected chi connectivity index (χ4v) is 4.32. The van der Waals surface area contributed by atoms with Gasteiger partial charge in [0.1, 0.15) is 11.2 Å². The maximum Gasteiger partial charge on any atom is 0.251 e. The van der Waals surface area contributed by atoms with Gasteiger partial charge in [0.25, 0.3) is 5.91 Å². The van der Waals surface area contributed by atoms with Crippen LogP contribution in [0.3, 0.4) is 0 Å². The molecule has 0 spiro atoms. The van der Waals surface area contributed by atoms with Crippen molar-refractivity contribution in [2.75, 3.05) is 30.9 Å². The number of hydrogen-bond donors (Lipinski definition) is 1. The summed E-state index contributed by atoms with van der Waals surface area (Å²) in [5, 5.41) is 2.65. The van der Waals surface area contributed by atoms with E-state index in [4.69, 9.17) is 4.74 Å². The van der Waals surface area contributed by atoms with Crippen LogP contribution in [0.15, 0.2) is 42.5 Å². The molecular weight excluding hydrogens is 379 g/mol. The molecule has 1 atom stereocenters. The van der Waals surface area contributed by atoms with Crippen molar-refractivity contribution in [3.05, 3.63) is 65.0 Å². The van der Waals surface area contributed by atoms with Crippen LogP contribution < -0.4 is 10.2 Å². The van der Waals surface area contributed by atoms with Gasteiger partial charge in [-0.3, -0.25) is 14.5 Å². The Bertz CT molecular complexity index is 857. The van der Waals surface area contributed by atoms with Crippen molar-refractivity contribution in [3.63, 3.8) is 0 Å². The maximum absolute atomic E-state index is 13.3. The molecule has 7 heteroatoms. The zero-order chi connectivity index (χ0) is 20.1. The molecule has 2 amide bonds. The van der Waals surface area contributed by atoms with Crippen LogP contribution in [0.4, 0.5) is 10.1 Å². The number of methoxy groups -OCH3 is 1. The van der Waals surface area contributed by atoms with E-state index in [9.17, 15) is 14.0 Å². The maximum atomic E-state index is 13.3. The number of amides is 2. The number of benzene rings is 2. The lowest BCUT2D eigenvalue weighted by Gasteiger charge is -2.26. The first-order valence-electron chi connectivity index (χ1n) is 9.08. The van der Waals surface area contributed by atoms with Crippen LogP contribution in [-0.4, -0.2) is 37.8 Å². The second-order valence-corrected chi connectivity index (χ2v) is 7.65. The Morgan fingerprint density at radius 1 is 1.29 bits per heavy atom. The summed E-state index contributed by atoms with van der Waals surface area (Å²) in [5.41, 5.74) is 3.03. The summed E-state index contributed by atoms with van der Waals surface area (Å²) in [6, 6.07) is 11.5. The summed E-state index contributed by atoms with van der Waals surface area (Å²) in [6.45, 7) is 3.02. The highest BCUT2D eigenvalue weighted by Crippen LogP contribution is 2.42. The van der Waals surface area contributed by atoms with Crippen molar-refractivity contribution in [2.24, 2.45) is 0 Å². The number of carbonyl (C=O) groups is 2. The van der Waals surface area contributed by atoms with Gasteiger partial charge < -0.3 is 10.1 Å². The molecule has 1 aliphatic heterocycles. The number of halogens is 1. The molecule has 2 aromatic rings. The lowest BCUT2D eigenvalue weighted by molar-refractivity contribution is -0.115. The van der Waals surface area contributed by atoms with Crippen LogP contribution in [0.1, 0.15) is 33.3 Å². The molecule has 1 unspecified atom stereocenters. The topological polar surface area (TPSA) is 58.6 Å². The zero-order valence-electron chi connectivity index (χ0n) is 15.9. The van der Waals surface area contributed by atoms with Crippen LogP contribution in [0.2, 0.25) is 0 Å². The third-order valence-electron chi connectivity index (χ3n) is 4.55. The van der Waals surface area contributed by atoms with Crippen LogP contribution in [-0.2, 0) is 9.53 Å². The number of thioether (sulfide) groups is 1. The van der Waals surface area contributed by atoms with Crippen LogP contribution >= 0.6 is 11.8 Å². The summed E-state index contributed by atoms with van der Waals surface area (Å²) >= 11 is 1.51. The molecule has 0 bridgehead atoms.